The number of carbonyl (C=O) groups is 3. The third kappa shape index (κ3) is 6.15. The van der Waals surface area contributed by atoms with E-state index >= 15 is 0 Å². The van der Waals surface area contributed by atoms with Crippen LogP contribution in [0.15, 0.2) is 54.6 Å². The van der Waals surface area contributed by atoms with Gasteiger partial charge in [0.05, 0.1) is 6.54 Å². The van der Waals surface area contributed by atoms with Crippen molar-refractivity contribution in [3.8, 4) is 0 Å². The number of piperazine rings is 1. The number of nitrogens with zero attached hydrogens (tertiary/aromatic N) is 2. The van der Waals surface area contributed by atoms with Gasteiger partial charge in [0.2, 0.25) is 11.8 Å². The number of anilines is 1. The van der Waals surface area contributed by atoms with Gasteiger partial charge in [-0.15, -0.1) is 0 Å². The highest BCUT2D eigenvalue weighted by molar-refractivity contribution is 5.94. The van der Waals surface area contributed by atoms with Crippen molar-refractivity contribution >= 4 is 23.4 Å². The van der Waals surface area contributed by atoms with Crippen LogP contribution in [0.4, 0.5) is 5.69 Å². The van der Waals surface area contributed by atoms with Crippen LogP contribution in [-0.2, 0) is 16.1 Å². The van der Waals surface area contributed by atoms with Crippen LogP contribution in [0.3, 0.4) is 0 Å². The fourth-order valence-electron chi connectivity index (χ4n) is 3.21. The zero-order valence-electron chi connectivity index (χ0n) is 16.6. The van der Waals surface area contributed by atoms with Gasteiger partial charge in [0, 0.05) is 50.9 Å². The van der Waals surface area contributed by atoms with E-state index in [0.29, 0.717) is 44.8 Å². The molecule has 0 bridgehead atoms. The topological polar surface area (TPSA) is 81.8 Å². The molecule has 152 valence electrons. The maximum Gasteiger partial charge on any atom is 0.253 e. The molecule has 0 atom stereocenters. The van der Waals surface area contributed by atoms with E-state index in [4.69, 9.17) is 0 Å². The number of rotatable bonds is 6. The van der Waals surface area contributed by atoms with Gasteiger partial charge in [-0.3, -0.25) is 19.3 Å². The summed E-state index contributed by atoms with van der Waals surface area (Å²) in [4.78, 5) is 39.7. The third-order valence-electron chi connectivity index (χ3n) is 4.83. The molecule has 1 aliphatic rings. The molecule has 0 radical (unpaired) electrons. The molecule has 0 aromatic heterocycles. The van der Waals surface area contributed by atoms with Gasteiger partial charge in [-0.1, -0.05) is 30.3 Å². The molecular weight excluding hydrogens is 368 g/mol. The maximum atomic E-state index is 12.7. The van der Waals surface area contributed by atoms with E-state index in [2.05, 4.69) is 15.5 Å². The smallest absolute Gasteiger partial charge is 0.253 e. The normalized spacial score (nSPS) is 14.3. The van der Waals surface area contributed by atoms with Crippen molar-refractivity contribution in [2.24, 2.45) is 0 Å². The Balaban J connectivity index is 1.45. The van der Waals surface area contributed by atoms with E-state index in [1.165, 1.54) is 6.92 Å². The fraction of sp³-hybridized carbons (Fsp3) is 0.318. The van der Waals surface area contributed by atoms with E-state index in [9.17, 15) is 14.4 Å². The van der Waals surface area contributed by atoms with Crippen molar-refractivity contribution < 1.29 is 14.4 Å². The quantitative estimate of drug-likeness (QED) is 0.782. The van der Waals surface area contributed by atoms with Crippen LogP contribution in [0.2, 0.25) is 0 Å². The molecule has 2 N–H and O–H groups in total. The van der Waals surface area contributed by atoms with E-state index in [0.717, 1.165) is 11.3 Å². The van der Waals surface area contributed by atoms with Crippen molar-refractivity contribution in [3.05, 3.63) is 65.7 Å². The predicted octanol–water partition coefficient (Wildman–Crippen LogP) is 1.72. The molecule has 0 spiro atoms. The highest BCUT2D eigenvalue weighted by atomic mass is 16.2. The second-order valence-electron chi connectivity index (χ2n) is 7.09. The van der Waals surface area contributed by atoms with Crippen LogP contribution in [0, 0.1) is 0 Å². The first-order valence-electron chi connectivity index (χ1n) is 9.71. The molecular formula is C22H26N4O3. The second kappa shape index (κ2) is 9.84. The van der Waals surface area contributed by atoms with Gasteiger partial charge >= 0.3 is 0 Å². The molecule has 2 aromatic rings. The highest BCUT2D eigenvalue weighted by Gasteiger charge is 2.23. The van der Waals surface area contributed by atoms with E-state index in [1.807, 2.05) is 47.4 Å². The van der Waals surface area contributed by atoms with E-state index < -0.39 is 0 Å². The largest absolute Gasteiger partial charge is 0.352 e. The SMILES string of the molecule is CC(=O)NCc1ccc(C(=O)N2CCN(CC(=O)Nc3ccccc3)CC2)cc1. The predicted molar refractivity (Wildman–Crippen MR) is 111 cm³/mol. The third-order valence-corrected chi connectivity index (χ3v) is 4.83. The molecule has 2 aromatic carbocycles. The molecule has 1 saturated heterocycles. The van der Waals surface area contributed by atoms with Crippen LogP contribution >= 0.6 is 0 Å². The molecule has 3 rings (SSSR count). The van der Waals surface area contributed by atoms with Gasteiger partial charge in [-0.25, -0.2) is 0 Å². The standard InChI is InChI=1S/C22H26N4O3/c1-17(27)23-15-18-7-9-19(10-8-18)22(29)26-13-11-25(12-14-26)16-21(28)24-20-5-3-2-4-6-20/h2-10H,11-16H2,1H3,(H,23,27)(H,24,28). The van der Waals surface area contributed by atoms with Crippen LogP contribution < -0.4 is 10.6 Å². The Kier molecular flexibility index (Phi) is 6.97. The zero-order valence-corrected chi connectivity index (χ0v) is 16.6. The minimum absolute atomic E-state index is 0.00976. The molecule has 7 nitrogen and oxygen atoms in total. The van der Waals surface area contributed by atoms with Crippen molar-refractivity contribution in [1.82, 2.24) is 15.1 Å². The summed E-state index contributed by atoms with van der Waals surface area (Å²) in [5, 5.41) is 5.62. The molecule has 0 unspecified atom stereocenters. The lowest BCUT2D eigenvalue weighted by molar-refractivity contribution is -0.119. The first-order valence-corrected chi connectivity index (χ1v) is 9.71. The van der Waals surface area contributed by atoms with Crippen molar-refractivity contribution in [1.29, 1.82) is 0 Å². The van der Waals surface area contributed by atoms with E-state index in [1.54, 1.807) is 12.1 Å². The number of para-hydroxylation sites is 1. The lowest BCUT2D eigenvalue weighted by Crippen LogP contribution is -2.50. The minimum atomic E-state index is -0.0829. The number of hydrogen-bond donors (Lipinski definition) is 2. The summed E-state index contributed by atoms with van der Waals surface area (Å²) in [6, 6.07) is 16.7. The monoisotopic (exact) mass is 394 g/mol. The van der Waals surface area contributed by atoms with Gasteiger partial charge in [-0.05, 0) is 29.8 Å². The fourth-order valence-corrected chi connectivity index (χ4v) is 3.21. The average molecular weight is 394 g/mol. The molecule has 7 heteroatoms. The maximum absolute atomic E-state index is 12.7. The Bertz CT molecular complexity index is 844. The summed E-state index contributed by atoms with van der Waals surface area (Å²) in [5.74, 6) is -0.143. The summed E-state index contributed by atoms with van der Waals surface area (Å²) in [7, 11) is 0. The van der Waals surface area contributed by atoms with Crippen LogP contribution in [0.5, 0.6) is 0 Å². The van der Waals surface area contributed by atoms with Crippen molar-refractivity contribution in [3.63, 3.8) is 0 Å². The zero-order chi connectivity index (χ0) is 20.6. The minimum Gasteiger partial charge on any atom is -0.352 e. The van der Waals surface area contributed by atoms with Crippen LogP contribution in [0.25, 0.3) is 0 Å². The Labute approximate surface area is 170 Å². The number of benzene rings is 2. The van der Waals surface area contributed by atoms with Crippen molar-refractivity contribution in [2.75, 3.05) is 38.0 Å². The summed E-state index contributed by atoms with van der Waals surface area (Å²) in [5.41, 5.74) is 2.37. The Morgan fingerprint density at radius 1 is 0.897 bits per heavy atom. The Morgan fingerprint density at radius 3 is 2.17 bits per heavy atom. The highest BCUT2D eigenvalue weighted by Crippen LogP contribution is 2.11. The first-order chi connectivity index (χ1) is 14.0. The Morgan fingerprint density at radius 2 is 1.55 bits per heavy atom. The molecule has 1 fully saturated rings. The van der Waals surface area contributed by atoms with Crippen LogP contribution in [0.1, 0.15) is 22.8 Å². The summed E-state index contributed by atoms with van der Waals surface area (Å²) < 4.78 is 0. The lowest BCUT2D eigenvalue weighted by Gasteiger charge is -2.34. The number of amides is 3. The summed E-state index contributed by atoms with van der Waals surface area (Å²) in [6.07, 6.45) is 0. The first kappa shape index (κ1) is 20.5. The summed E-state index contributed by atoms with van der Waals surface area (Å²) >= 11 is 0. The van der Waals surface area contributed by atoms with Crippen molar-refractivity contribution in [2.45, 2.75) is 13.5 Å². The summed E-state index contributed by atoms with van der Waals surface area (Å²) in [6.45, 7) is 4.74. The average Bonchev–Trinajstić information content (AvgIpc) is 2.73. The molecule has 0 saturated carbocycles. The molecule has 0 aliphatic carbocycles. The van der Waals surface area contributed by atoms with Gasteiger partial charge in [0.15, 0.2) is 0 Å². The number of nitrogens with one attached hydrogen (secondary N) is 2. The second-order valence-corrected chi connectivity index (χ2v) is 7.09. The molecule has 29 heavy (non-hydrogen) atoms. The van der Waals surface area contributed by atoms with E-state index in [-0.39, 0.29) is 17.7 Å². The number of carbonyl (C=O) groups excluding carboxylic acids is 3. The van der Waals surface area contributed by atoms with Crippen LogP contribution in [-0.4, -0.2) is 60.2 Å². The van der Waals surface area contributed by atoms with Gasteiger partial charge < -0.3 is 15.5 Å². The van der Waals surface area contributed by atoms with Gasteiger partial charge in [0.1, 0.15) is 0 Å². The molecule has 1 heterocycles. The molecule has 1 aliphatic heterocycles. The lowest BCUT2D eigenvalue weighted by atomic mass is 10.1. The van der Waals surface area contributed by atoms with Gasteiger partial charge in [-0.2, -0.15) is 0 Å². The number of hydrogen-bond acceptors (Lipinski definition) is 4. The molecule has 3 amide bonds. The Hall–Kier alpha value is -3.19. The van der Waals surface area contributed by atoms with Gasteiger partial charge in [0.25, 0.3) is 5.91 Å².